The molecular weight excluding hydrogens is 232 g/mol. The number of aliphatic hydroxyl groups is 1. The summed E-state index contributed by atoms with van der Waals surface area (Å²) in [5, 5.41) is 10.1. The predicted octanol–water partition coefficient (Wildman–Crippen LogP) is 2.56. The van der Waals surface area contributed by atoms with E-state index in [9.17, 15) is 0 Å². The molecule has 0 aliphatic rings. The average Bonchev–Trinajstić information content (AvgIpc) is 2.18. The molecule has 0 aliphatic heterocycles. The van der Waals surface area contributed by atoms with Crippen LogP contribution < -0.4 is 0 Å². The molecule has 1 heterocycles. The van der Waals surface area contributed by atoms with Crippen LogP contribution >= 0.6 is 23.4 Å². The van der Waals surface area contributed by atoms with E-state index < -0.39 is 0 Å². The summed E-state index contributed by atoms with van der Waals surface area (Å²) < 4.78 is 0. The van der Waals surface area contributed by atoms with Crippen LogP contribution in [0.3, 0.4) is 0 Å². The van der Waals surface area contributed by atoms with Crippen LogP contribution in [0.4, 0.5) is 0 Å². The van der Waals surface area contributed by atoms with Crippen LogP contribution in [0.2, 0.25) is 5.15 Å². The van der Waals surface area contributed by atoms with Crippen LogP contribution in [-0.2, 0) is 6.42 Å². The zero-order chi connectivity index (χ0) is 11.1. The van der Waals surface area contributed by atoms with Gasteiger partial charge >= 0.3 is 0 Å². The number of nitrogens with zero attached hydrogens (tertiary/aromatic N) is 2. The summed E-state index contributed by atoms with van der Waals surface area (Å²) in [5.41, 5.74) is 0. The predicted molar refractivity (Wildman–Crippen MR) is 63.5 cm³/mol. The van der Waals surface area contributed by atoms with Crippen LogP contribution in [0.5, 0.6) is 0 Å². The topological polar surface area (TPSA) is 46.0 Å². The van der Waals surface area contributed by atoms with Gasteiger partial charge in [-0.2, -0.15) is 0 Å². The van der Waals surface area contributed by atoms with Crippen molar-refractivity contribution in [2.24, 2.45) is 0 Å². The van der Waals surface area contributed by atoms with E-state index in [1.165, 1.54) is 0 Å². The molecule has 0 aliphatic carbocycles. The second kappa shape index (κ2) is 7.04. The van der Waals surface area contributed by atoms with Crippen molar-refractivity contribution in [3.63, 3.8) is 0 Å². The highest BCUT2D eigenvalue weighted by atomic mass is 35.5. The molecule has 0 saturated heterocycles. The molecule has 15 heavy (non-hydrogen) atoms. The van der Waals surface area contributed by atoms with Gasteiger partial charge in [-0.1, -0.05) is 18.5 Å². The van der Waals surface area contributed by atoms with Crippen LogP contribution in [0, 0.1) is 0 Å². The minimum absolute atomic E-state index is 0.216. The van der Waals surface area contributed by atoms with E-state index in [1.54, 1.807) is 17.8 Å². The number of hydrogen-bond acceptors (Lipinski definition) is 4. The van der Waals surface area contributed by atoms with E-state index in [1.807, 2.05) is 0 Å². The molecular formula is C10H15ClN2OS. The van der Waals surface area contributed by atoms with Crippen molar-refractivity contribution in [1.29, 1.82) is 0 Å². The van der Waals surface area contributed by atoms with Gasteiger partial charge < -0.3 is 5.11 Å². The molecule has 0 unspecified atom stereocenters. The van der Waals surface area contributed by atoms with Crippen molar-refractivity contribution >= 4 is 23.4 Å². The summed E-state index contributed by atoms with van der Waals surface area (Å²) >= 11 is 7.49. The third-order valence-corrected chi connectivity index (χ3v) is 2.94. The Hall–Kier alpha value is -0.320. The number of rotatable bonds is 6. The third kappa shape index (κ3) is 4.82. The van der Waals surface area contributed by atoms with Gasteiger partial charge in [-0.3, -0.25) is 0 Å². The lowest BCUT2D eigenvalue weighted by Crippen LogP contribution is -1.97. The molecule has 0 aromatic carbocycles. The lowest BCUT2D eigenvalue weighted by atomic mass is 10.3. The Kier molecular flexibility index (Phi) is 5.98. The van der Waals surface area contributed by atoms with E-state index in [0.717, 1.165) is 35.9 Å². The molecule has 1 aromatic heterocycles. The maximum atomic E-state index is 8.67. The fraction of sp³-hybridized carbons (Fsp3) is 0.600. The van der Waals surface area contributed by atoms with E-state index in [0.29, 0.717) is 5.15 Å². The molecule has 1 N–H and O–H groups in total. The third-order valence-electron chi connectivity index (χ3n) is 1.74. The van der Waals surface area contributed by atoms with Crippen molar-refractivity contribution in [2.75, 3.05) is 12.4 Å². The SMILES string of the molecule is CCCc1nc(Cl)cc(SCCCO)n1. The molecule has 5 heteroatoms. The van der Waals surface area contributed by atoms with Gasteiger partial charge in [0.25, 0.3) is 0 Å². The van der Waals surface area contributed by atoms with Gasteiger partial charge in [-0.25, -0.2) is 9.97 Å². The monoisotopic (exact) mass is 246 g/mol. The first kappa shape index (κ1) is 12.7. The Morgan fingerprint density at radius 1 is 1.47 bits per heavy atom. The summed E-state index contributed by atoms with van der Waals surface area (Å²) in [6.45, 7) is 2.30. The first-order valence-corrected chi connectivity index (χ1v) is 6.39. The van der Waals surface area contributed by atoms with Gasteiger partial charge in [0.15, 0.2) is 0 Å². The quantitative estimate of drug-likeness (QED) is 0.476. The van der Waals surface area contributed by atoms with Gasteiger partial charge in [0, 0.05) is 24.8 Å². The van der Waals surface area contributed by atoms with E-state index in [2.05, 4.69) is 16.9 Å². The lowest BCUT2D eigenvalue weighted by Gasteiger charge is -2.03. The van der Waals surface area contributed by atoms with Gasteiger partial charge in [-0.15, -0.1) is 11.8 Å². The fourth-order valence-electron chi connectivity index (χ4n) is 1.09. The molecule has 3 nitrogen and oxygen atoms in total. The maximum absolute atomic E-state index is 8.67. The Balaban J connectivity index is 2.62. The molecule has 0 fully saturated rings. The molecule has 1 rings (SSSR count). The number of hydrogen-bond donors (Lipinski definition) is 1. The van der Waals surface area contributed by atoms with Crippen molar-refractivity contribution in [1.82, 2.24) is 9.97 Å². The summed E-state index contributed by atoms with van der Waals surface area (Å²) in [6, 6.07) is 1.77. The fourth-order valence-corrected chi connectivity index (χ4v) is 2.21. The molecule has 0 bridgehead atoms. The van der Waals surface area contributed by atoms with Gasteiger partial charge in [0.1, 0.15) is 16.0 Å². The molecule has 0 radical (unpaired) electrons. The Bertz CT molecular complexity index is 309. The highest BCUT2D eigenvalue weighted by Crippen LogP contribution is 2.19. The minimum Gasteiger partial charge on any atom is -0.396 e. The van der Waals surface area contributed by atoms with Crippen molar-refractivity contribution < 1.29 is 5.11 Å². The van der Waals surface area contributed by atoms with Gasteiger partial charge in [0.2, 0.25) is 0 Å². The molecule has 0 atom stereocenters. The number of halogens is 1. The van der Waals surface area contributed by atoms with E-state index in [4.69, 9.17) is 16.7 Å². The van der Waals surface area contributed by atoms with Crippen molar-refractivity contribution in [2.45, 2.75) is 31.2 Å². The first-order valence-electron chi connectivity index (χ1n) is 5.03. The minimum atomic E-state index is 0.216. The van der Waals surface area contributed by atoms with Crippen LogP contribution in [-0.4, -0.2) is 27.4 Å². The zero-order valence-electron chi connectivity index (χ0n) is 8.74. The van der Waals surface area contributed by atoms with Crippen molar-refractivity contribution in [3.05, 3.63) is 17.0 Å². The Morgan fingerprint density at radius 3 is 2.93 bits per heavy atom. The van der Waals surface area contributed by atoms with Gasteiger partial charge in [-0.05, 0) is 12.8 Å². The first-order chi connectivity index (χ1) is 7.26. The van der Waals surface area contributed by atoms with Crippen molar-refractivity contribution in [3.8, 4) is 0 Å². The summed E-state index contributed by atoms with van der Waals surface area (Å²) in [7, 11) is 0. The second-order valence-corrected chi connectivity index (χ2v) is 4.62. The summed E-state index contributed by atoms with van der Waals surface area (Å²) in [6.07, 6.45) is 2.64. The average molecular weight is 247 g/mol. The lowest BCUT2D eigenvalue weighted by molar-refractivity contribution is 0.296. The molecule has 1 aromatic rings. The number of thioether (sulfide) groups is 1. The maximum Gasteiger partial charge on any atom is 0.133 e. The summed E-state index contributed by atoms with van der Waals surface area (Å²) in [4.78, 5) is 8.52. The van der Waals surface area contributed by atoms with Gasteiger partial charge in [0.05, 0.1) is 0 Å². The number of aromatic nitrogens is 2. The molecule has 0 amide bonds. The van der Waals surface area contributed by atoms with Crippen LogP contribution in [0.15, 0.2) is 11.1 Å². The molecule has 84 valence electrons. The Morgan fingerprint density at radius 2 is 2.27 bits per heavy atom. The smallest absolute Gasteiger partial charge is 0.133 e. The van der Waals surface area contributed by atoms with E-state index in [-0.39, 0.29) is 6.61 Å². The number of aryl methyl sites for hydroxylation is 1. The van der Waals surface area contributed by atoms with E-state index >= 15 is 0 Å². The highest BCUT2D eigenvalue weighted by molar-refractivity contribution is 7.99. The summed E-state index contributed by atoms with van der Waals surface area (Å²) in [5.74, 6) is 1.66. The Labute approximate surface area is 99.3 Å². The molecule has 0 saturated carbocycles. The molecule has 0 spiro atoms. The second-order valence-electron chi connectivity index (χ2n) is 3.12. The van der Waals surface area contributed by atoms with Crippen LogP contribution in [0.1, 0.15) is 25.6 Å². The standard InChI is InChI=1S/C10H15ClN2OS/c1-2-4-9-12-8(11)7-10(13-9)15-6-3-5-14/h7,14H,2-6H2,1H3. The van der Waals surface area contributed by atoms with Crippen LogP contribution in [0.25, 0.3) is 0 Å². The largest absolute Gasteiger partial charge is 0.396 e. The normalized spacial score (nSPS) is 10.6. The number of aliphatic hydroxyl groups excluding tert-OH is 1. The highest BCUT2D eigenvalue weighted by Gasteiger charge is 2.03. The zero-order valence-corrected chi connectivity index (χ0v) is 10.3.